The maximum absolute atomic E-state index is 13.7. The largest absolute Gasteiger partial charge is 0.277 e. The average Bonchev–Trinajstić information content (AvgIpc) is 2.49. The number of hydrogen-bond acceptors (Lipinski definition) is 3. The van der Waals surface area contributed by atoms with Crippen molar-refractivity contribution >= 4 is 26.6 Å². The van der Waals surface area contributed by atoms with E-state index in [1.807, 2.05) is 6.92 Å². The molecule has 0 unspecified atom stereocenters. The second-order valence-electron chi connectivity index (χ2n) is 5.07. The SMILES string of the molecule is Cc1cnc2c(S(=O)(=O)Nc3ccc(F)cc3F)cccc2c1. The Morgan fingerprint density at radius 1 is 1.09 bits per heavy atom. The first-order valence-corrected chi connectivity index (χ1v) is 8.18. The molecule has 3 aromatic rings. The molecule has 2 aromatic carbocycles. The molecule has 4 nitrogen and oxygen atoms in total. The van der Waals surface area contributed by atoms with Gasteiger partial charge in [-0.25, -0.2) is 17.2 Å². The van der Waals surface area contributed by atoms with Gasteiger partial charge in [0.25, 0.3) is 10.0 Å². The molecule has 0 saturated heterocycles. The summed E-state index contributed by atoms with van der Waals surface area (Å²) in [5.41, 5.74) is 0.855. The number of para-hydroxylation sites is 1. The van der Waals surface area contributed by atoms with Crippen LogP contribution in [0.25, 0.3) is 10.9 Å². The topological polar surface area (TPSA) is 59.1 Å². The Labute approximate surface area is 131 Å². The lowest BCUT2D eigenvalue weighted by Gasteiger charge is -2.11. The molecule has 1 aromatic heterocycles. The predicted octanol–water partition coefficient (Wildman–Crippen LogP) is 3.62. The number of nitrogens with one attached hydrogen (secondary N) is 1. The minimum absolute atomic E-state index is 0.0706. The summed E-state index contributed by atoms with van der Waals surface area (Å²) >= 11 is 0. The van der Waals surface area contributed by atoms with E-state index >= 15 is 0 Å². The van der Waals surface area contributed by atoms with E-state index in [1.54, 1.807) is 24.4 Å². The third kappa shape index (κ3) is 3.00. The highest BCUT2D eigenvalue weighted by Crippen LogP contribution is 2.25. The first-order chi connectivity index (χ1) is 10.9. The maximum atomic E-state index is 13.7. The zero-order valence-electron chi connectivity index (χ0n) is 12.0. The molecule has 1 N–H and O–H groups in total. The second-order valence-corrected chi connectivity index (χ2v) is 6.72. The molecule has 0 aliphatic carbocycles. The first-order valence-electron chi connectivity index (χ1n) is 6.70. The number of halogens is 2. The van der Waals surface area contributed by atoms with Gasteiger partial charge in [0.1, 0.15) is 16.5 Å². The van der Waals surface area contributed by atoms with Gasteiger partial charge in [-0.05, 0) is 36.8 Å². The predicted molar refractivity (Wildman–Crippen MR) is 83.6 cm³/mol. The molecule has 7 heteroatoms. The van der Waals surface area contributed by atoms with Crippen LogP contribution in [0.15, 0.2) is 53.6 Å². The number of benzene rings is 2. The number of hydrogen-bond donors (Lipinski definition) is 1. The number of nitrogens with zero attached hydrogens (tertiary/aromatic N) is 1. The van der Waals surface area contributed by atoms with E-state index in [9.17, 15) is 17.2 Å². The summed E-state index contributed by atoms with van der Waals surface area (Å²) in [6.07, 6.45) is 1.56. The fourth-order valence-electron chi connectivity index (χ4n) is 2.23. The van der Waals surface area contributed by atoms with E-state index in [4.69, 9.17) is 0 Å². The van der Waals surface area contributed by atoms with Gasteiger partial charge in [-0.15, -0.1) is 0 Å². The Morgan fingerprint density at radius 3 is 2.61 bits per heavy atom. The van der Waals surface area contributed by atoms with E-state index in [0.717, 1.165) is 17.7 Å². The molecule has 0 bridgehead atoms. The molecule has 0 radical (unpaired) electrons. The highest BCUT2D eigenvalue weighted by molar-refractivity contribution is 7.93. The molecule has 0 saturated carbocycles. The summed E-state index contributed by atoms with van der Waals surface area (Å²) in [7, 11) is -4.06. The Balaban J connectivity index is 2.10. The van der Waals surface area contributed by atoms with Crippen LogP contribution >= 0.6 is 0 Å². The number of anilines is 1. The molecular weight excluding hydrogens is 322 g/mol. The van der Waals surface area contributed by atoms with Crippen LogP contribution in [0.5, 0.6) is 0 Å². The van der Waals surface area contributed by atoms with Crippen LogP contribution in [-0.2, 0) is 10.0 Å². The number of sulfonamides is 1. The van der Waals surface area contributed by atoms with Crippen molar-refractivity contribution in [3.8, 4) is 0 Å². The van der Waals surface area contributed by atoms with Gasteiger partial charge in [-0.1, -0.05) is 12.1 Å². The monoisotopic (exact) mass is 334 g/mol. The van der Waals surface area contributed by atoms with Crippen molar-refractivity contribution < 1.29 is 17.2 Å². The molecule has 3 rings (SSSR count). The fraction of sp³-hybridized carbons (Fsp3) is 0.0625. The van der Waals surface area contributed by atoms with Crippen molar-refractivity contribution in [3.05, 3.63) is 65.9 Å². The lowest BCUT2D eigenvalue weighted by Crippen LogP contribution is -2.15. The summed E-state index contributed by atoms with van der Waals surface area (Å²) in [6, 6.07) is 9.14. The number of pyridine rings is 1. The summed E-state index contributed by atoms with van der Waals surface area (Å²) in [6.45, 7) is 1.85. The average molecular weight is 334 g/mol. The van der Waals surface area contributed by atoms with Crippen molar-refractivity contribution in [1.82, 2.24) is 4.98 Å². The number of rotatable bonds is 3. The van der Waals surface area contributed by atoms with Gasteiger partial charge in [0, 0.05) is 17.6 Å². The highest BCUT2D eigenvalue weighted by Gasteiger charge is 2.20. The van der Waals surface area contributed by atoms with Gasteiger partial charge in [-0.2, -0.15) is 0 Å². The van der Waals surface area contributed by atoms with Crippen molar-refractivity contribution in [2.45, 2.75) is 11.8 Å². The van der Waals surface area contributed by atoms with Crippen molar-refractivity contribution in [3.63, 3.8) is 0 Å². The lowest BCUT2D eigenvalue weighted by atomic mass is 10.2. The molecule has 0 amide bonds. The van der Waals surface area contributed by atoms with Crippen LogP contribution in [0, 0.1) is 18.6 Å². The van der Waals surface area contributed by atoms with Crippen LogP contribution in [0.1, 0.15) is 5.56 Å². The molecule has 118 valence electrons. The van der Waals surface area contributed by atoms with Crippen molar-refractivity contribution in [2.75, 3.05) is 4.72 Å². The molecule has 1 heterocycles. The number of aryl methyl sites for hydroxylation is 1. The smallest absolute Gasteiger partial charge is 0.264 e. The summed E-state index contributed by atoms with van der Waals surface area (Å²) in [4.78, 5) is 4.08. The van der Waals surface area contributed by atoms with Crippen LogP contribution in [0.2, 0.25) is 0 Å². The molecule has 0 fully saturated rings. The van der Waals surface area contributed by atoms with Gasteiger partial charge < -0.3 is 0 Å². The van der Waals surface area contributed by atoms with E-state index in [-0.39, 0.29) is 16.1 Å². The zero-order valence-corrected chi connectivity index (χ0v) is 12.9. The number of aromatic nitrogens is 1. The van der Waals surface area contributed by atoms with E-state index in [0.29, 0.717) is 11.5 Å². The van der Waals surface area contributed by atoms with Crippen LogP contribution in [0.4, 0.5) is 14.5 Å². The van der Waals surface area contributed by atoms with Gasteiger partial charge in [-0.3, -0.25) is 9.71 Å². The van der Waals surface area contributed by atoms with Gasteiger partial charge in [0.05, 0.1) is 11.2 Å². The van der Waals surface area contributed by atoms with Crippen LogP contribution in [-0.4, -0.2) is 13.4 Å². The van der Waals surface area contributed by atoms with Gasteiger partial charge in [0.15, 0.2) is 0 Å². The summed E-state index contributed by atoms with van der Waals surface area (Å²) in [5, 5.41) is 0.660. The molecule has 0 aliphatic heterocycles. The first kappa shape index (κ1) is 15.4. The standard InChI is InChI=1S/C16H12F2N2O2S/c1-10-7-11-3-2-4-15(16(11)19-9-10)23(21,22)20-14-6-5-12(17)8-13(14)18/h2-9,20H,1H3. The highest BCUT2D eigenvalue weighted by atomic mass is 32.2. The maximum Gasteiger partial charge on any atom is 0.264 e. The normalized spacial score (nSPS) is 11.6. The van der Waals surface area contributed by atoms with E-state index in [2.05, 4.69) is 9.71 Å². The molecule has 23 heavy (non-hydrogen) atoms. The Hall–Kier alpha value is -2.54. The fourth-order valence-corrected chi connectivity index (χ4v) is 3.48. The second kappa shape index (κ2) is 5.58. The molecular formula is C16H12F2N2O2S. The van der Waals surface area contributed by atoms with Crippen molar-refractivity contribution in [2.24, 2.45) is 0 Å². The quantitative estimate of drug-likeness (QED) is 0.796. The third-order valence-electron chi connectivity index (χ3n) is 3.28. The Kier molecular flexibility index (Phi) is 3.73. The van der Waals surface area contributed by atoms with Gasteiger partial charge >= 0.3 is 0 Å². The minimum Gasteiger partial charge on any atom is -0.277 e. The molecule has 0 aliphatic rings. The van der Waals surface area contributed by atoms with Crippen LogP contribution < -0.4 is 4.72 Å². The summed E-state index contributed by atoms with van der Waals surface area (Å²) in [5.74, 6) is -1.77. The lowest BCUT2D eigenvalue weighted by molar-refractivity contribution is 0.583. The van der Waals surface area contributed by atoms with Crippen molar-refractivity contribution in [1.29, 1.82) is 0 Å². The summed E-state index contributed by atoms with van der Waals surface area (Å²) < 4.78 is 53.8. The van der Waals surface area contributed by atoms with E-state index < -0.39 is 21.7 Å². The van der Waals surface area contributed by atoms with Crippen LogP contribution in [0.3, 0.4) is 0 Å². The number of fused-ring (bicyclic) bond motifs is 1. The Bertz CT molecular complexity index is 1000. The minimum atomic E-state index is -4.06. The zero-order chi connectivity index (χ0) is 16.6. The van der Waals surface area contributed by atoms with Gasteiger partial charge in [0.2, 0.25) is 0 Å². The molecule has 0 atom stereocenters. The Morgan fingerprint density at radius 2 is 1.87 bits per heavy atom. The molecule has 0 spiro atoms. The third-order valence-corrected chi connectivity index (χ3v) is 4.67. The van der Waals surface area contributed by atoms with E-state index in [1.165, 1.54) is 6.07 Å².